The summed E-state index contributed by atoms with van der Waals surface area (Å²) in [5, 5.41) is 0. The molecule has 2 aromatic rings. The molecule has 200 valence electrons. The Labute approximate surface area is 199 Å². The van der Waals surface area contributed by atoms with E-state index in [1.54, 1.807) is 0 Å². The number of rotatable bonds is 10. The first-order chi connectivity index (χ1) is 16.0. The summed E-state index contributed by atoms with van der Waals surface area (Å²) in [5.41, 5.74) is -11.2. The molecule has 0 radical (unpaired) electrons. The van der Waals surface area contributed by atoms with Crippen LogP contribution in [0, 0.1) is 0 Å². The molecule has 0 fully saturated rings. The molecule has 0 bridgehead atoms. The molecule has 35 heavy (non-hydrogen) atoms. The summed E-state index contributed by atoms with van der Waals surface area (Å²) in [7, 11) is -13.4. The van der Waals surface area contributed by atoms with Crippen molar-refractivity contribution in [2.75, 3.05) is 6.61 Å². The van der Waals surface area contributed by atoms with Crippen LogP contribution in [0.4, 0.5) is 26.3 Å². The molecule has 0 amide bonds. The minimum atomic E-state index is -6.72. The number of alkyl halides is 6. The van der Waals surface area contributed by atoms with Crippen LogP contribution >= 0.6 is 0 Å². The predicted octanol–water partition coefficient (Wildman–Crippen LogP) is 4.80. The highest BCUT2D eigenvalue weighted by Gasteiger charge is 2.46. The molecule has 2 rings (SSSR count). The third-order valence-electron chi connectivity index (χ3n) is 4.19. The second-order valence-electron chi connectivity index (χ2n) is 6.96. The van der Waals surface area contributed by atoms with Gasteiger partial charge in [-0.3, -0.25) is 0 Å². The summed E-state index contributed by atoms with van der Waals surface area (Å²) in [4.78, 5) is 0. The Bertz CT molecular complexity index is 1090. The molecule has 0 aliphatic rings. The highest BCUT2D eigenvalue weighted by molar-refractivity contribution is 8.13. The highest BCUT2D eigenvalue weighted by atomic mass is 32.3. The number of halogens is 6. The van der Waals surface area contributed by atoms with Crippen LogP contribution in [-0.2, 0) is 26.6 Å². The van der Waals surface area contributed by atoms with Crippen molar-refractivity contribution in [2.24, 2.45) is 0 Å². The molecular formula is C19H25F6N3O5S2. The van der Waals surface area contributed by atoms with Gasteiger partial charge in [0.05, 0.1) is 13.2 Å². The zero-order valence-corrected chi connectivity index (χ0v) is 20.4. The molecular weight excluding hydrogens is 528 g/mol. The van der Waals surface area contributed by atoms with E-state index in [9.17, 15) is 43.2 Å². The van der Waals surface area contributed by atoms with E-state index in [1.165, 1.54) is 31.4 Å². The Morgan fingerprint density at radius 3 is 1.89 bits per heavy atom. The number of ether oxygens (including phenoxy) is 1. The molecule has 0 N–H and O–H groups in total. The molecule has 1 aromatic heterocycles. The normalized spacial score (nSPS) is 12.7. The van der Waals surface area contributed by atoms with Crippen molar-refractivity contribution >= 4 is 20.0 Å². The van der Waals surface area contributed by atoms with E-state index < -0.39 is 31.1 Å². The summed E-state index contributed by atoms with van der Waals surface area (Å²) in [6, 6.07) is 8.22. The first kappa shape index (κ1) is 30.7. The maximum Gasteiger partial charge on any atom is 0.480 e. The fourth-order valence-corrected chi connectivity index (χ4v) is 4.20. The standard InChI is InChI=1S/C17H25N2O.C2F6NO4S2/c1-3-5-6-7-12-18-13-14-19(15-18)16-8-10-17(11-9-16)20-4-2;3-1(4,5)14(10,11)9-15(12,13)2(6,7)8/h8-11,13-15H,3-7,12H2,1-2H3;/q+1;-1. The number of aromatic nitrogens is 2. The van der Waals surface area contributed by atoms with Gasteiger partial charge in [-0.2, -0.15) is 26.3 Å². The molecule has 0 aliphatic carbocycles. The van der Waals surface area contributed by atoms with Gasteiger partial charge in [0, 0.05) is 0 Å². The molecule has 1 aromatic carbocycles. The Kier molecular flexibility index (Phi) is 11.0. The highest BCUT2D eigenvalue weighted by Crippen LogP contribution is 2.36. The first-order valence-corrected chi connectivity index (χ1v) is 13.1. The van der Waals surface area contributed by atoms with E-state index >= 15 is 0 Å². The molecule has 0 saturated heterocycles. The van der Waals surface area contributed by atoms with Gasteiger partial charge in [-0.25, -0.2) is 26.0 Å². The number of nitrogens with zero attached hydrogens (tertiary/aromatic N) is 3. The van der Waals surface area contributed by atoms with Crippen LogP contribution in [0.3, 0.4) is 0 Å². The minimum Gasteiger partial charge on any atom is -0.494 e. The van der Waals surface area contributed by atoms with Gasteiger partial charge >= 0.3 is 11.0 Å². The smallest absolute Gasteiger partial charge is 0.480 e. The van der Waals surface area contributed by atoms with Gasteiger partial charge in [0.25, 0.3) is 0 Å². The summed E-state index contributed by atoms with van der Waals surface area (Å²) in [6.07, 6.45) is 11.6. The fourth-order valence-electron chi connectivity index (χ4n) is 2.50. The van der Waals surface area contributed by atoms with E-state index in [1.807, 2.05) is 19.1 Å². The van der Waals surface area contributed by atoms with Crippen molar-refractivity contribution in [3.8, 4) is 11.4 Å². The predicted molar refractivity (Wildman–Crippen MR) is 115 cm³/mol. The minimum absolute atomic E-state index is 0.709. The molecule has 0 atom stereocenters. The van der Waals surface area contributed by atoms with Gasteiger partial charge in [-0.1, -0.05) is 19.8 Å². The monoisotopic (exact) mass is 553 g/mol. The number of unbranched alkanes of at least 4 members (excludes halogenated alkanes) is 3. The van der Waals surface area contributed by atoms with E-state index in [0.29, 0.717) is 6.61 Å². The topological polar surface area (TPSA) is 100 Å². The van der Waals surface area contributed by atoms with Gasteiger partial charge in [0.1, 0.15) is 23.8 Å². The Balaban J connectivity index is 0.000000367. The lowest BCUT2D eigenvalue weighted by Gasteiger charge is -2.22. The van der Waals surface area contributed by atoms with Crippen LogP contribution < -0.4 is 9.30 Å². The van der Waals surface area contributed by atoms with E-state index in [4.69, 9.17) is 4.74 Å². The summed E-state index contributed by atoms with van der Waals surface area (Å²) in [5.74, 6) is 0.927. The third kappa shape index (κ3) is 9.68. The quantitative estimate of drug-likeness (QED) is 0.239. The average molecular weight is 554 g/mol. The Morgan fingerprint density at radius 2 is 1.43 bits per heavy atom. The molecule has 8 nitrogen and oxygen atoms in total. The zero-order valence-electron chi connectivity index (χ0n) is 18.8. The number of aryl methyl sites for hydroxylation is 1. The van der Waals surface area contributed by atoms with Crippen molar-refractivity contribution in [1.29, 1.82) is 0 Å². The summed E-state index contributed by atoms with van der Waals surface area (Å²) < 4.78 is 119. The molecule has 0 unspecified atom stereocenters. The number of hydrogen-bond donors (Lipinski definition) is 0. The van der Waals surface area contributed by atoms with Crippen LogP contribution in [0.15, 0.2) is 43.0 Å². The van der Waals surface area contributed by atoms with E-state index in [2.05, 4.69) is 46.9 Å². The van der Waals surface area contributed by atoms with Gasteiger partial charge in [-0.15, -0.1) is 0 Å². The van der Waals surface area contributed by atoms with Crippen LogP contribution in [0.1, 0.15) is 39.5 Å². The Hall–Kier alpha value is -2.33. The lowest BCUT2D eigenvalue weighted by atomic mass is 10.2. The second kappa shape index (κ2) is 12.6. The van der Waals surface area contributed by atoms with Crippen LogP contribution in [0.2, 0.25) is 0 Å². The van der Waals surface area contributed by atoms with Crippen molar-refractivity contribution < 1.29 is 52.5 Å². The molecule has 16 heteroatoms. The number of imidazole rings is 1. The van der Waals surface area contributed by atoms with Gasteiger partial charge in [-0.05, 0) is 44.0 Å². The maximum atomic E-state index is 11.4. The van der Waals surface area contributed by atoms with Gasteiger partial charge in [0.2, 0.25) is 6.33 Å². The lowest BCUT2D eigenvalue weighted by molar-refractivity contribution is -0.696. The maximum absolute atomic E-state index is 11.4. The van der Waals surface area contributed by atoms with Gasteiger partial charge < -0.3 is 8.86 Å². The molecule has 0 spiro atoms. The molecule has 1 heterocycles. The summed E-state index contributed by atoms with van der Waals surface area (Å²) >= 11 is 0. The summed E-state index contributed by atoms with van der Waals surface area (Å²) in [6.45, 7) is 6.06. The average Bonchev–Trinajstić information content (AvgIpc) is 3.19. The van der Waals surface area contributed by atoms with Crippen LogP contribution in [0.25, 0.3) is 9.81 Å². The number of hydrogen-bond acceptors (Lipinski definition) is 5. The SMILES string of the molecule is CCCCCC[n+]1ccn(-c2ccc(OCC)cc2)c1.O=S(=O)([N-]S(=O)(=O)C(F)(F)F)C(F)(F)F. The number of benzene rings is 1. The third-order valence-corrected chi connectivity index (χ3v) is 6.93. The Morgan fingerprint density at radius 1 is 0.886 bits per heavy atom. The van der Waals surface area contributed by atoms with Crippen molar-refractivity contribution in [2.45, 2.75) is 57.1 Å². The lowest BCUT2D eigenvalue weighted by Crippen LogP contribution is -2.30. The molecule has 0 saturated carbocycles. The largest absolute Gasteiger partial charge is 0.494 e. The second-order valence-corrected chi connectivity index (χ2v) is 10.4. The van der Waals surface area contributed by atoms with E-state index in [0.717, 1.165) is 16.4 Å². The fraction of sp³-hybridized carbons (Fsp3) is 0.526. The van der Waals surface area contributed by atoms with E-state index in [-0.39, 0.29) is 0 Å². The van der Waals surface area contributed by atoms with Crippen molar-refractivity contribution in [3.63, 3.8) is 0 Å². The first-order valence-electron chi connectivity index (χ1n) is 10.2. The van der Waals surface area contributed by atoms with Crippen molar-refractivity contribution in [1.82, 2.24) is 4.57 Å². The zero-order chi connectivity index (χ0) is 26.9. The van der Waals surface area contributed by atoms with Crippen LogP contribution in [-0.4, -0.2) is 39.0 Å². The van der Waals surface area contributed by atoms with Crippen LogP contribution in [0.5, 0.6) is 5.75 Å². The molecule has 0 aliphatic heterocycles. The van der Waals surface area contributed by atoms with Gasteiger partial charge in [0.15, 0.2) is 20.0 Å². The van der Waals surface area contributed by atoms with Crippen molar-refractivity contribution in [3.05, 3.63) is 47.1 Å². The number of sulfonamides is 2.